The lowest BCUT2D eigenvalue weighted by molar-refractivity contribution is 0.0771. The van der Waals surface area contributed by atoms with Gasteiger partial charge in [-0.15, -0.1) is 0 Å². The number of nitrogens with one attached hydrogen (secondary N) is 2. The van der Waals surface area contributed by atoms with Crippen molar-refractivity contribution in [1.29, 1.82) is 0 Å². The van der Waals surface area contributed by atoms with Crippen LogP contribution in [0.3, 0.4) is 0 Å². The third kappa shape index (κ3) is 3.13. The molecule has 2 aromatic carbocycles. The van der Waals surface area contributed by atoms with E-state index in [1.165, 1.54) is 11.1 Å². The Hall–Kier alpha value is -2.37. The Morgan fingerprint density at radius 2 is 1.76 bits per heavy atom. The monoisotopic (exact) mass is 336 g/mol. The van der Waals surface area contributed by atoms with Crippen LogP contribution in [0, 0.1) is 0 Å². The smallest absolute Gasteiger partial charge is 0.129 e. The minimum Gasteiger partial charge on any atom is -0.381 e. The molecule has 2 aromatic rings. The number of nitrogens with two attached hydrogens (primary N) is 1. The first-order valence-electron chi connectivity index (χ1n) is 8.86. The van der Waals surface area contributed by atoms with Crippen molar-refractivity contribution in [3.8, 4) is 0 Å². The molecule has 0 radical (unpaired) electrons. The van der Waals surface area contributed by atoms with Gasteiger partial charge in [0.2, 0.25) is 0 Å². The maximum atomic E-state index is 5.87. The van der Waals surface area contributed by atoms with E-state index in [1.54, 1.807) is 0 Å². The topological polar surface area (TPSA) is 71.7 Å². The maximum absolute atomic E-state index is 5.87. The molecule has 0 aromatic heterocycles. The zero-order chi connectivity index (χ0) is 17.1. The number of hydrogen-bond donors (Lipinski definition) is 3. The first-order valence-corrected chi connectivity index (χ1v) is 8.86. The summed E-state index contributed by atoms with van der Waals surface area (Å²) >= 11 is 0. The van der Waals surface area contributed by atoms with E-state index >= 15 is 0 Å². The van der Waals surface area contributed by atoms with E-state index in [0.29, 0.717) is 6.54 Å². The van der Waals surface area contributed by atoms with Gasteiger partial charge in [0, 0.05) is 39.1 Å². The molecule has 0 saturated carbocycles. The van der Waals surface area contributed by atoms with Gasteiger partial charge in [-0.3, -0.25) is 0 Å². The van der Waals surface area contributed by atoms with Gasteiger partial charge in [0.25, 0.3) is 0 Å². The standard InChI is InChI=1S/C20H24N4O/c21-13-15-5-1-2-6-16(15)14-22-19-20(9-11-25-12-10-20)24-18-8-4-3-7-17(18)23-19/h1-8,24H,9-14,21H2,(H,22,23). The van der Waals surface area contributed by atoms with Gasteiger partial charge in [0.15, 0.2) is 0 Å². The summed E-state index contributed by atoms with van der Waals surface area (Å²) in [6, 6.07) is 16.5. The molecule has 4 rings (SSSR count). The third-order valence-electron chi connectivity index (χ3n) is 5.09. The van der Waals surface area contributed by atoms with Crippen molar-refractivity contribution in [2.75, 3.05) is 18.5 Å². The first-order chi connectivity index (χ1) is 12.3. The number of rotatable bonds is 3. The Morgan fingerprint density at radius 1 is 1.04 bits per heavy atom. The van der Waals surface area contributed by atoms with Crippen molar-refractivity contribution in [1.82, 2.24) is 5.32 Å². The van der Waals surface area contributed by atoms with Gasteiger partial charge >= 0.3 is 0 Å². The van der Waals surface area contributed by atoms with Crippen molar-refractivity contribution in [2.45, 2.75) is 31.5 Å². The summed E-state index contributed by atoms with van der Waals surface area (Å²) in [6.07, 6.45) is 1.82. The second-order valence-corrected chi connectivity index (χ2v) is 6.62. The summed E-state index contributed by atoms with van der Waals surface area (Å²) in [5.74, 6) is 1.00. The Labute approximate surface area is 148 Å². The molecule has 0 bridgehead atoms. The summed E-state index contributed by atoms with van der Waals surface area (Å²) in [4.78, 5) is 4.95. The predicted molar refractivity (Wildman–Crippen MR) is 101 cm³/mol. The van der Waals surface area contributed by atoms with Crippen LogP contribution in [0.25, 0.3) is 0 Å². The number of para-hydroxylation sites is 2. The number of aliphatic imine (C=N–C) groups is 1. The number of hydrogen-bond acceptors (Lipinski definition) is 5. The van der Waals surface area contributed by atoms with E-state index in [-0.39, 0.29) is 5.54 Å². The lowest BCUT2D eigenvalue weighted by Crippen LogP contribution is -2.56. The zero-order valence-electron chi connectivity index (χ0n) is 14.3. The second-order valence-electron chi connectivity index (χ2n) is 6.62. The largest absolute Gasteiger partial charge is 0.381 e. The van der Waals surface area contributed by atoms with Crippen molar-refractivity contribution in [3.63, 3.8) is 0 Å². The summed E-state index contributed by atoms with van der Waals surface area (Å²) in [6.45, 7) is 2.76. The fourth-order valence-electron chi connectivity index (χ4n) is 3.62. The molecule has 4 N–H and O–H groups in total. The van der Waals surface area contributed by atoms with E-state index in [4.69, 9.17) is 15.5 Å². The van der Waals surface area contributed by atoms with Gasteiger partial charge in [-0.2, -0.15) is 0 Å². The van der Waals surface area contributed by atoms with E-state index in [9.17, 15) is 0 Å². The highest BCUT2D eigenvalue weighted by Gasteiger charge is 2.40. The van der Waals surface area contributed by atoms with Crippen LogP contribution in [0.1, 0.15) is 24.0 Å². The average molecular weight is 336 g/mol. The van der Waals surface area contributed by atoms with Gasteiger partial charge in [-0.25, -0.2) is 4.99 Å². The van der Waals surface area contributed by atoms with Crippen LogP contribution in [0.15, 0.2) is 53.5 Å². The molecule has 1 spiro atoms. The van der Waals surface area contributed by atoms with Gasteiger partial charge in [-0.05, 0) is 23.3 Å². The number of anilines is 1. The van der Waals surface area contributed by atoms with E-state index in [1.807, 2.05) is 24.3 Å². The Morgan fingerprint density at radius 3 is 2.56 bits per heavy atom. The van der Waals surface area contributed by atoms with E-state index < -0.39 is 0 Å². The van der Waals surface area contributed by atoms with Crippen LogP contribution in [0.2, 0.25) is 0 Å². The van der Waals surface area contributed by atoms with Crippen molar-refractivity contribution >= 4 is 17.2 Å². The molecule has 25 heavy (non-hydrogen) atoms. The Bertz CT molecular complexity index is 781. The van der Waals surface area contributed by atoms with Crippen LogP contribution in [-0.2, 0) is 17.8 Å². The third-order valence-corrected chi connectivity index (χ3v) is 5.09. The van der Waals surface area contributed by atoms with Crippen LogP contribution >= 0.6 is 0 Å². The number of nitrogens with zero attached hydrogens (tertiary/aromatic N) is 1. The molecule has 130 valence electrons. The van der Waals surface area contributed by atoms with E-state index in [2.05, 4.69) is 34.9 Å². The zero-order valence-corrected chi connectivity index (χ0v) is 14.3. The van der Waals surface area contributed by atoms with Crippen molar-refractivity contribution in [2.24, 2.45) is 10.7 Å². The van der Waals surface area contributed by atoms with E-state index in [0.717, 1.165) is 49.8 Å². The Kier molecular flexibility index (Phi) is 4.42. The normalized spacial score (nSPS) is 18.2. The maximum Gasteiger partial charge on any atom is 0.129 e. The molecule has 0 aliphatic carbocycles. The molecular formula is C20H24N4O. The molecule has 2 aliphatic rings. The lowest BCUT2D eigenvalue weighted by Gasteiger charge is -2.42. The molecule has 0 unspecified atom stereocenters. The van der Waals surface area contributed by atoms with Gasteiger partial charge in [-0.1, -0.05) is 36.4 Å². The number of amidine groups is 1. The molecule has 2 aliphatic heterocycles. The van der Waals surface area contributed by atoms with Crippen LogP contribution in [0.5, 0.6) is 0 Å². The molecule has 5 heteroatoms. The lowest BCUT2D eigenvalue weighted by atomic mass is 9.86. The highest BCUT2D eigenvalue weighted by atomic mass is 16.5. The molecule has 1 fully saturated rings. The van der Waals surface area contributed by atoms with Gasteiger partial charge in [0.05, 0.1) is 16.9 Å². The minimum absolute atomic E-state index is 0.176. The second kappa shape index (κ2) is 6.86. The van der Waals surface area contributed by atoms with Crippen molar-refractivity contribution < 1.29 is 4.74 Å². The average Bonchev–Trinajstić information content (AvgIpc) is 2.67. The summed E-state index contributed by atoms with van der Waals surface area (Å²) in [5, 5.41) is 7.32. The molecule has 1 saturated heterocycles. The van der Waals surface area contributed by atoms with Crippen LogP contribution in [-0.4, -0.2) is 24.6 Å². The fraction of sp³-hybridized carbons (Fsp3) is 0.350. The minimum atomic E-state index is -0.176. The number of benzene rings is 2. The molecule has 2 heterocycles. The SMILES string of the molecule is NCc1ccccc1CNC1=Nc2ccccc2NC12CCOCC2. The molecule has 5 nitrogen and oxygen atoms in total. The van der Waals surface area contributed by atoms with Gasteiger partial charge in [0.1, 0.15) is 5.84 Å². The molecular weight excluding hydrogens is 312 g/mol. The quantitative estimate of drug-likeness (QED) is 0.806. The number of fused-ring (bicyclic) bond motifs is 1. The molecule has 0 amide bonds. The van der Waals surface area contributed by atoms with Crippen LogP contribution < -0.4 is 16.4 Å². The fourth-order valence-corrected chi connectivity index (χ4v) is 3.62. The highest BCUT2D eigenvalue weighted by molar-refractivity contribution is 6.00. The summed E-state index contributed by atoms with van der Waals surface area (Å²) < 4.78 is 5.59. The number of ether oxygens (including phenoxy) is 1. The first kappa shape index (κ1) is 16.1. The summed E-state index contributed by atoms with van der Waals surface area (Å²) in [5.41, 5.74) is 10.2. The highest BCUT2D eigenvalue weighted by Crippen LogP contribution is 2.37. The molecule has 0 atom stereocenters. The Balaban J connectivity index is 1.63. The summed E-state index contributed by atoms with van der Waals surface area (Å²) in [7, 11) is 0. The van der Waals surface area contributed by atoms with Crippen molar-refractivity contribution in [3.05, 3.63) is 59.7 Å². The predicted octanol–water partition coefficient (Wildman–Crippen LogP) is 2.94. The van der Waals surface area contributed by atoms with Crippen LogP contribution in [0.4, 0.5) is 11.4 Å². The van der Waals surface area contributed by atoms with Gasteiger partial charge < -0.3 is 21.1 Å².